The van der Waals surface area contributed by atoms with Gasteiger partial charge in [-0.1, -0.05) is 5.16 Å². The predicted octanol–water partition coefficient (Wildman–Crippen LogP) is 3.66. The number of pyridine rings is 1. The Morgan fingerprint density at radius 3 is 2.63 bits per heavy atom. The van der Waals surface area contributed by atoms with Crippen molar-refractivity contribution in [1.29, 1.82) is 0 Å². The lowest BCUT2D eigenvalue weighted by atomic mass is 9.96. The Hall–Kier alpha value is -3.13. The van der Waals surface area contributed by atoms with Crippen LogP contribution in [-0.4, -0.2) is 40.6 Å². The number of aromatic nitrogens is 2. The molecule has 1 N–H and O–H groups in total. The lowest BCUT2D eigenvalue weighted by Crippen LogP contribution is -2.38. The Kier molecular flexibility index (Phi) is 6.13. The molecule has 1 aliphatic heterocycles. The fraction of sp³-hybridized carbons (Fsp3) is 0.318. The van der Waals surface area contributed by atoms with Gasteiger partial charge in [0.25, 0.3) is 5.91 Å². The van der Waals surface area contributed by atoms with Crippen molar-refractivity contribution >= 4 is 5.91 Å². The summed E-state index contributed by atoms with van der Waals surface area (Å²) in [6.07, 6.45) is 5.60. The van der Waals surface area contributed by atoms with Crippen LogP contribution in [0.3, 0.4) is 0 Å². The molecule has 3 heterocycles. The van der Waals surface area contributed by atoms with E-state index < -0.39 is 11.6 Å². The van der Waals surface area contributed by atoms with Crippen molar-refractivity contribution in [2.45, 2.75) is 19.4 Å². The Balaban J connectivity index is 1.26. The van der Waals surface area contributed by atoms with Crippen molar-refractivity contribution < 1.29 is 18.1 Å². The van der Waals surface area contributed by atoms with E-state index in [4.69, 9.17) is 4.52 Å². The van der Waals surface area contributed by atoms with Gasteiger partial charge in [-0.15, -0.1) is 0 Å². The van der Waals surface area contributed by atoms with E-state index in [9.17, 15) is 13.6 Å². The number of hydrogen-bond donors (Lipinski definition) is 1. The van der Waals surface area contributed by atoms with Gasteiger partial charge in [-0.2, -0.15) is 0 Å². The van der Waals surface area contributed by atoms with Gasteiger partial charge in [-0.05, 0) is 61.7 Å². The highest BCUT2D eigenvalue weighted by Crippen LogP contribution is 2.24. The smallest absolute Gasteiger partial charge is 0.273 e. The lowest BCUT2D eigenvalue weighted by molar-refractivity contribution is 0.0926. The quantitative estimate of drug-likeness (QED) is 0.669. The number of carbonyl (C=O) groups is 1. The molecule has 0 radical (unpaired) electrons. The van der Waals surface area contributed by atoms with E-state index in [1.54, 1.807) is 12.4 Å². The molecule has 3 aromatic rings. The molecule has 6 nitrogen and oxygen atoms in total. The first-order valence-corrected chi connectivity index (χ1v) is 9.90. The first-order valence-electron chi connectivity index (χ1n) is 9.90. The molecule has 1 fully saturated rings. The molecular weight excluding hydrogens is 390 g/mol. The van der Waals surface area contributed by atoms with Crippen LogP contribution in [0.5, 0.6) is 0 Å². The van der Waals surface area contributed by atoms with Gasteiger partial charge in [0.1, 0.15) is 11.6 Å². The number of rotatable bonds is 6. The molecule has 156 valence electrons. The van der Waals surface area contributed by atoms with E-state index >= 15 is 0 Å². The summed E-state index contributed by atoms with van der Waals surface area (Å²) in [5, 5.41) is 6.60. The van der Waals surface area contributed by atoms with E-state index in [0.717, 1.165) is 44.6 Å². The van der Waals surface area contributed by atoms with Crippen LogP contribution in [0.1, 0.15) is 28.9 Å². The highest BCUT2D eigenvalue weighted by Gasteiger charge is 2.21. The standard InChI is InChI=1S/C22H22F2N4O2/c23-17-1-2-18(19(24)11-17)21-12-20(27-30-21)22(29)26-13-15-5-9-28(10-6-15)14-16-3-7-25-8-4-16/h1-4,7-8,11-12,15H,5-6,9-10,13-14H2,(H,26,29). The molecule has 30 heavy (non-hydrogen) atoms. The van der Waals surface area contributed by atoms with Crippen LogP contribution in [-0.2, 0) is 6.54 Å². The number of halogens is 2. The van der Waals surface area contributed by atoms with Crippen LogP contribution in [0.25, 0.3) is 11.3 Å². The third-order valence-corrected chi connectivity index (χ3v) is 5.35. The van der Waals surface area contributed by atoms with Crippen LogP contribution in [0.2, 0.25) is 0 Å². The van der Waals surface area contributed by atoms with Crippen LogP contribution in [0.15, 0.2) is 53.3 Å². The van der Waals surface area contributed by atoms with E-state index in [0.29, 0.717) is 12.5 Å². The Morgan fingerprint density at radius 2 is 1.90 bits per heavy atom. The SMILES string of the molecule is O=C(NCC1CCN(Cc2ccncc2)CC1)c1cc(-c2ccc(F)cc2F)on1. The zero-order chi connectivity index (χ0) is 20.9. The third kappa shape index (κ3) is 4.88. The molecule has 1 saturated heterocycles. The maximum atomic E-state index is 13.9. The molecule has 1 aromatic carbocycles. The summed E-state index contributed by atoms with van der Waals surface area (Å²) in [6, 6.07) is 8.56. The molecular formula is C22H22F2N4O2. The summed E-state index contributed by atoms with van der Waals surface area (Å²) in [7, 11) is 0. The number of nitrogens with one attached hydrogen (secondary N) is 1. The summed E-state index contributed by atoms with van der Waals surface area (Å²) in [6.45, 7) is 3.40. The Labute approximate surface area is 172 Å². The topological polar surface area (TPSA) is 71.3 Å². The number of benzene rings is 1. The average Bonchev–Trinajstić information content (AvgIpc) is 3.24. The molecule has 0 aliphatic carbocycles. The van der Waals surface area contributed by atoms with E-state index in [1.807, 2.05) is 12.1 Å². The van der Waals surface area contributed by atoms with Crippen molar-refractivity contribution in [3.8, 4) is 11.3 Å². The molecule has 0 bridgehead atoms. The number of hydrogen-bond acceptors (Lipinski definition) is 5. The van der Waals surface area contributed by atoms with Gasteiger partial charge in [0.2, 0.25) is 0 Å². The normalized spacial score (nSPS) is 15.3. The molecule has 4 rings (SSSR count). The van der Waals surface area contributed by atoms with Gasteiger partial charge in [0, 0.05) is 37.6 Å². The summed E-state index contributed by atoms with van der Waals surface area (Å²) in [4.78, 5) is 18.8. The van der Waals surface area contributed by atoms with Crippen molar-refractivity contribution in [2.75, 3.05) is 19.6 Å². The van der Waals surface area contributed by atoms with Crippen LogP contribution >= 0.6 is 0 Å². The van der Waals surface area contributed by atoms with Crippen molar-refractivity contribution in [3.63, 3.8) is 0 Å². The molecule has 0 saturated carbocycles. The molecule has 0 atom stereocenters. The maximum absolute atomic E-state index is 13.9. The number of amides is 1. The molecule has 0 spiro atoms. The average molecular weight is 412 g/mol. The van der Waals surface area contributed by atoms with Crippen LogP contribution in [0.4, 0.5) is 8.78 Å². The highest BCUT2D eigenvalue weighted by atomic mass is 19.1. The summed E-state index contributed by atoms with van der Waals surface area (Å²) >= 11 is 0. The van der Waals surface area contributed by atoms with E-state index in [1.165, 1.54) is 17.7 Å². The third-order valence-electron chi connectivity index (χ3n) is 5.35. The largest absolute Gasteiger partial charge is 0.355 e. The molecule has 8 heteroatoms. The van der Waals surface area contributed by atoms with Crippen molar-refractivity contribution in [1.82, 2.24) is 20.4 Å². The van der Waals surface area contributed by atoms with Gasteiger partial charge in [0.05, 0.1) is 5.56 Å². The molecule has 2 aromatic heterocycles. The second-order valence-corrected chi connectivity index (χ2v) is 7.49. The highest BCUT2D eigenvalue weighted by molar-refractivity contribution is 5.93. The van der Waals surface area contributed by atoms with Gasteiger partial charge < -0.3 is 9.84 Å². The summed E-state index contributed by atoms with van der Waals surface area (Å²) < 4.78 is 32.0. The molecule has 1 aliphatic rings. The number of nitrogens with zero attached hydrogens (tertiary/aromatic N) is 3. The van der Waals surface area contributed by atoms with Gasteiger partial charge in [-0.25, -0.2) is 8.78 Å². The van der Waals surface area contributed by atoms with Gasteiger partial charge in [-0.3, -0.25) is 14.7 Å². The predicted molar refractivity (Wildman–Crippen MR) is 106 cm³/mol. The second kappa shape index (κ2) is 9.13. The first kappa shape index (κ1) is 20.2. The maximum Gasteiger partial charge on any atom is 0.273 e. The Morgan fingerprint density at radius 1 is 1.13 bits per heavy atom. The van der Waals surface area contributed by atoms with Gasteiger partial charge in [0.15, 0.2) is 11.5 Å². The molecule has 0 unspecified atom stereocenters. The second-order valence-electron chi connectivity index (χ2n) is 7.49. The van der Waals surface area contributed by atoms with E-state index in [2.05, 4.69) is 20.4 Å². The number of likely N-dealkylation sites (tertiary alicyclic amines) is 1. The van der Waals surface area contributed by atoms with Crippen molar-refractivity contribution in [3.05, 3.63) is 71.7 Å². The minimum absolute atomic E-state index is 0.0597. The van der Waals surface area contributed by atoms with Crippen molar-refractivity contribution in [2.24, 2.45) is 5.92 Å². The van der Waals surface area contributed by atoms with Gasteiger partial charge >= 0.3 is 0 Å². The fourth-order valence-electron chi connectivity index (χ4n) is 3.62. The zero-order valence-electron chi connectivity index (χ0n) is 16.4. The fourth-order valence-corrected chi connectivity index (χ4v) is 3.62. The minimum atomic E-state index is -0.767. The first-order chi connectivity index (χ1) is 14.6. The summed E-state index contributed by atoms with van der Waals surface area (Å²) in [5.74, 6) is -1.34. The minimum Gasteiger partial charge on any atom is -0.355 e. The monoisotopic (exact) mass is 412 g/mol. The Bertz CT molecular complexity index is 1000. The number of piperidine rings is 1. The van der Waals surface area contributed by atoms with E-state index in [-0.39, 0.29) is 22.9 Å². The summed E-state index contributed by atoms with van der Waals surface area (Å²) in [5.41, 5.74) is 1.38. The van der Waals surface area contributed by atoms with Crippen LogP contribution < -0.4 is 5.32 Å². The zero-order valence-corrected chi connectivity index (χ0v) is 16.4. The molecule has 1 amide bonds. The number of carbonyl (C=O) groups excluding carboxylic acids is 1. The lowest BCUT2D eigenvalue weighted by Gasteiger charge is -2.31. The van der Waals surface area contributed by atoms with Crippen LogP contribution in [0, 0.1) is 17.6 Å².